The Morgan fingerprint density at radius 3 is 1.30 bits per heavy atom. The molecule has 0 aromatic carbocycles. The van der Waals surface area contributed by atoms with Crippen molar-refractivity contribution in [1.82, 2.24) is 5.32 Å². The lowest BCUT2D eigenvalue weighted by Crippen LogP contribution is -2.66. The number of carbonyl (C=O) groups excluding carboxylic acids is 1. The molecule has 3 fully saturated rings. The van der Waals surface area contributed by atoms with Crippen LogP contribution in [-0.4, -0.2) is 193 Å². The summed E-state index contributed by atoms with van der Waals surface area (Å²) >= 11 is 0. The molecule has 3 aliphatic rings. The van der Waals surface area contributed by atoms with E-state index in [1.807, 2.05) is 6.08 Å². The number of ether oxygens (including phenoxy) is 6. The van der Waals surface area contributed by atoms with Gasteiger partial charge in [-0.15, -0.1) is 0 Å². The van der Waals surface area contributed by atoms with Gasteiger partial charge in [-0.2, -0.15) is 0 Å². The van der Waals surface area contributed by atoms with Crippen LogP contribution in [0.25, 0.3) is 0 Å². The molecule has 12 N–H and O–H groups in total. The molecular weight excluding hydrogens is 1110 g/mol. The maximum atomic E-state index is 13.4. The van der Waals surface area contributed by atoms with E-state index >= 15 is 0 Å². The van der Waals surface area contributed by atoms with Crippen molar-refractivity contribution < 1.29 is 89.4 Å². The SMILES string of the molecule is CC/C=C\C/C=C\C/C=C\C/C=C\C/C=C\C/C=C\CCCCCCC(=O)NC(COC1OC(CO)C(OC2OC(CO)C(OC3OC(CO)C(O)C(O)C3O)C(O)C2O)C(O)C1O)C(O)/C=C/CC/C=C/CCCCCCCCCCCCCC. The largest absolute Gasteiger partial charge is 0.394 e. The van der Waals surface area contributed by atoms with E-state index in [-0.39, 0.29) is 18.9 Å². The van der Waals surface area contributed by atoms with Crippen LogP contribution in [0.3, 0.4) is 0 Å². The summed E-state index contributed by atoms with van der Waals surface area (Å²) in [5.74, 6) is -0.314. The average Bonchev–Trinajstić information content (AvgIpc) is 1.83. The van der Waals surface area contributed by atoms with Gasteiger partial charge in [0.2, 0.25) is 5.91 Å². The molecule has 19 nitrogen and oxygen atoms in total. The fraction of sp³-hybridized carbons (Fsp3) is 0.746. The molecule has 3 rings (SSSR count). The quantitative estimate of drug-likeness (QED) is 0.0210. The summed E-state index contributed by atoms with van der Waals surface area (Å²) in [6.45, 7) is 1.56. The molecule has 1 amide bonds. The van der Waals surface area contributed by atoms with Gasteiger partial charge in [0.25, 0.3) is 0 Å². The second-order valence-electron chi connectivity index (χ2n) is 22.8. The van der Waals surface area contributed by atoms with Crippen LogP contribution in [-0.2, 0) is 33.2 Å². The van der Waals surface area contributed by atoms with Crippen LogP contribution in [0.2, 0.25) is 0 Å². The van der Waals surface area contributed by atoms with Crippen molar-refractivity contribution in [1.29, 1.82) is 0 Å². The minimum Gasteiger partial charge on any atom is -0.394 e. The molecule has 17 unspecified atom stereocenters. The van der Waals surface area contributed by atoms with Gasteiger partial charge in [-0.25, -0.2) is 0 Å². The van der Waals surface area contributed by atoms with Gasteiger partial charge in [-0.05, 0) is 83.5 Å². The molecule has 0 radical (unpaired) electrons. The Hall–Kier alpha value is -3.29. The zero-order valence-electron chi connectivity index (χ0n) is 51.7. The molecule has 0 bridgehead atoms. The molecule has 0 saturated carbocycles. The molecule has 0 spiro atoms. The van der Waals surface area contributed by atoms with Gasteiger partial charge >= 0.3 is 0 Å². The van der Waals surface area contributed by atoms with Crippen molar-refractivity contribution in [3.8, 4) is 0 Å². The monoisotopic (exact) mass is 1220 g/mol. The fourth-order valence-corrected chi connectivity index (χ4v) is 10.3. The number of aliphatic hydroxyl groups excluding tert-OH is 11. The van der Waals surface area contributed by atoms with Crippen LogP contribution < -0.4 is 5.32 Å². The molecule has 3 saturated heterocycles. The van der Waals surface area contributed by atoms with E-state index in [0.717, 1.165) is 83.5 Å². The number of rotatable bonds is 47. The zero-order valence-corrected chi connectivity index (χ0v) is 51.7. The highest BCUT2D eigenvalue weighted by Crippen LogP contribution is 2.33. The molecule has 3 aliphatic heterocycles. The molecule has 0 aromatic heterocycles. The number of amides is 1. The van der Waals surface area contributed by atoms with Gasteiger partial charge in [0.15, 0.2) is 18.9 Å². The lowest BCUT2D eigenvalue weighted by Gasteiger charge is -2.48. The van der Waals surface area contributed by atoms with E-state index in [0.29, 0.717) is 12.8 Å². The Labute approximate surface area is 513 Å². The smallest absolute Gasteiger partial charge is 0.220 e. The van der Waals surface area contributed by atoms with Crippen LogP contribution >= 0.6 is 0 Å². The van der Waals surface area contributed by atoms with Gasteiger partial charge in [0, 0.05) is 6.42 Å². The second kappa shape index (κ2) is 48.5. The van der Waals surface area contributed by atoms with Crippen molar-refractivity contribution in [3.63, 3.8) is 0 Å². The summed E-state index contributed by atoms with van der Waals surface area (Å²) in [6, 6.07) is -1.01. The molecule has 3 heterocycles. The number of hydrogen-bond donors (Lipinski definition) is 12. The topological polar surface area (TPSA) is 307 Å². The van der Waals surface area contributed by atoms with E-state index in [4.69, 9.17) is 28.4 Å². The Morgan fingerprint density at radius 1 is 0.430 bits per heavy atom. The summed E-state index contributed by atoms with van der Waals surface area (Å²) in [4.78, 5) is 13.4. The van der Waals surface area contributed by atoms with Crippen LogP contribution in [0.1, 0.15) is 187 Å². The first kappa shape index (κ1) is 77.0. The Kier molecular flexibility index (Phi) is 43.4. The van der Waals surface area contributed by atoms with E-state index < -0.39 is 124 Å². The van der Waals surface area contributed by atoms with Gasteiger partial charge in [0.05, 0.1) is 38.6 Å². The maximum absolute atomic E-state index is 13.4. The van der Waals surface area contributed by atoms with E-state index in [9.17, 15) is 61.0 Å². The van der Waals surface area contributed by atoms with Crippen molar-refractivity contribution >= 4 is 5.91 Å². The summed E-state index contributed by atoms with van der Waals surface area (Å²) in [7, 11) is 0. The normalized spacial score (nSPS) is 29.4. The first-order chi connectivity index (χ1) is 41.8. The summed E-state index contributed by atoms with van der Waals surface area (Å²) in [5, 5.41) is 120. The van der Waals surface area contributed by atoms with Crippen LogP contribution in [0.15, 0.2) is 97.2 Å². The lowest BCUT2D eigenvalue weighted by molar-refractivity contribution is -0.379. The third-order valence-corrected chi connectivity index (χ3v) is 15.6. The van der Waals surface area contributed by atoms with Gasteiger partial charge in [0.1, 0.15) is 73.2 Å². The number of unbranched alkanes of at least 4 members (excludes halogenated alkanes) is 17. The van der Waals surface area contributed by atoms with Crippen LogP contribution in [0.4, 0.5) is 0 Å². The number of aliphatic hydroxyl groups is 11. The Bertz CT molecular complexity index is 1940. The molecule has 17 atom stereocenters. The summed E-state index contributed by atoms with van der Waals surface area (Å²) in [6.07, 6.45) is 35.2. The minimum absolute atomic E-state index is 0.200. The molecular formula is C67H113NO18. The van der Waals surface area contributed by atoms with Crippen molar-refractivity contribution in [2.75, 3.05) is 26.4 Å². The molecule has 86 heavy (non-hydrogen) atoms. The minimum atomic E-state index is -1.99. The predicted octanol–water partition coefficient (Wildman–Crippen LogP) is 7.32. The lowest BCUT2D eigenvalue weighted by atomic mass is 9.96. The number of carbonyl (C=O) groups is 1. The van der Waals surface area contributed by atoms with E-state index in [1.54, 1.807) is 6.08 Å². The van der Waals surface area contributed by atoms with Crippen LogP contribution in [0.5, 0.6) is 0 Å². The second-order valence-corrected chi connectivity index (χ2v) is 22.8. The van der Waals surface area contributed by atoms with Gasteiger partial charge in [-0.1, -0.05) is 195 Å². The van der Waals surface area contributed by atoms with Crippen molar-refractivity contribution in [3.05, 3.63) is 97.2 Å². The predicted molar refractivity (Wildman–Crippen MR) is 332 cm³/mol. The number of hydrogen-bond acceptors (Lipinski definition) is 18. The first-order valence-electron chi connectivity index (χ1n) is 32.5. The highest BCUT2D eigenvalue weighted by atomic mass is 16.8. The average molecular weight is 1220 g/mol. The third kappa shape index (κ3) is 31.0. The maximum Gasteiger partial charge on any atom is 0.220 e. The number of nitrogens with one attached hydrogen (secondary N) is 1. The van der Waals surface area contributed by atoms with E-state index in [2.05, 4.69) is 104 Å². The highest BCUT2D eigenvalue weighted by Gasteiger charge is 2.53. The molecule has 19 heteroatoms. The zero-order chi connectivity index (χ0) is 62.6. The summed E-state index contributed by atoms with van der Waals surface area (Å²) in [5.41, 5.74) is 0. The van der Waals surface area contributed by atoms with Crippen molar-refractivity contribution in [2.45, 2.75) is 291 Å². The van der Waals surface area contributed by atoms with Gasteiger partial charge in [-0.3, -0.25) is 4.79 Å². The molecule has 494 valence electrons. The molecule has 0 aliphatic carbocycles. The third-order valence-electron chi connectivity index (χ3n) is 15.6. The molecule has 0 aromatic rings. The van der Waals surface area contributed by atoms with Crippen molar-refractivity contribution in [2.24, 2.45) is 0 Å². The van der Waals surface area contributed by atoms with Gasteiger partial charge < -0.3 is 89.9 Å². The van der Waals surface area contributed by atoms with Crippen LogP contribution in [0, 0.1) is 0 Å². The Balaban J connectivity index is 1.50. The standard InChI is InChI=1S/C67H113NO18/c1-3-5-7-9-11-13-15-17-19-21-23-24-25-26-27-29-31-33-35-37-39-41-43-45-55(73)68-50(51(72)44-42-40-38-36-34-32-30-28-22-20-18-16-14-12-10-8-6-4-2)49-81-65-61(79)58(76)63(53(47-70)83-65)86-67-62(80)59(77)64(54(48-71)84-67)85-66-60(78)57(75)56(74)52(46-69)82-66/h5,7,11,13,17,19,23-24,26-27,31,33-34,36,42,44,50-54,56-67,69-72,74-80H,3-4,6,8-10,12,14-16,18,20-22,25,28-30,32,35,37-41,43,45-49H2,1-2H3,(H,68,73)/b7-5-,13-11-,19-17-,24-23-,27-26-,33-31-,36-34+,44-42+. The Morgan fingerprint density at radius 2 is 0.814 bits per heavy atom. The first-order valence-corrected chi connectivity index (χ1v) is 32.5. The fourth-order valence-electron chi connectivity index (χ4n) is 10.3. The summed E-state index contributed by atoms with van der Waals surface area (Å²) < 4.78 is 34.3. The van der Waals surface area contributed by atoms with E-state index in [1.165, 1.54) is 70.6 Å². The number of allylic oxidation sites excluding steroid dienone is 15. The highest BCUT2D eigenvalue weighted by molar-refractivity contribution is 5.76.